The molecule has 0 saturated heterocycles. The van der Waals surface area contributed by atoms with E-state index in [-0.39, 0.29) is 22.9 Å². The predicted molar refractivity (Wildman–Crippen MR) is 118 cm³/mol. The Bertz CT molecular complexity index is 1370. The van der Waals surface area contributed by atoms with Crippen molar-refractivity contribution in [2.24, 2.45) is 0 Å². The van der Waals surface area contributed by atoms with E-state index in [2.05, 4.69) is 10.1 Å². The number of carbonyl (C=O) groups excluding carboxylic acids is 1. The Balaban J connectivity index is 1.45. The number of carbonyl (C=O) groups is 1. The standard InChI is InChI=1S/C24H18N4O3/c25-24-18(23(30)20-12-15-6-4-5-9-19(15)27-20)14-26-28(24)21-11-10-17(13-22(21)29)31-16-7-2-1-3-8-16/h1-14,27,29H,25H2. The summed E-state index contributed by atoms with van der Waals surface area (Å²) in [6.07, 6.45) is 1.40. The zero-order chi connectivity index (χ0) is 21.4. The average molecular weight is 410 g/mol. The van der Waals surface area contributed by atoms with Crippen LogP contribution in [0.5, 0.6) is 17.2 Å². The van der Waals surface area contributed by atoms with Crippen molar-refractivity contribution in [1.82, 2.24) is 14.8 Å². The van der Waals surface area contributed by atoms with Crippen LogP contribution in [0.1, 0.15) is 16.1 Å². The Morgan fingerprint density at radius 1 is 0.968 bits per heavy atom. The molecule has 4 N–H and O–H groups in total. The molecule has 31 heavy (non-hydrogen) atoms. The monoisotopic (exact) mass is 410 g/mol. The second-order valence-corrected chi connectivity index (χ2v) is 7.02. The number of nitrogens with two attached hydrogens (primary N) is 1. The highest BCUT2D eigenvalue weighted by atomic mass is 16.5. The molecular formula is C24H18N4O3. The second-order valence-electron chi connectivity index (χ2n) is 7.02. The normalized spacial score (nSPS) is 11.0. The zero-order valence-electron chi connectivity index (χ0n) is 16.3. The van der Waals surface area contributed by atoms with Crippen molar-refractivity contribution in [1.29, 1.82) is 0 Å². The zero-order valence-corrected chi connectivity index (χ0v) is 16.3. The number of aromatic hydroxyl groups is 1. The molecule has 2 aromatic heterocycles. The molecule has 0 saturated carbocycles. The van der Waals surface area contributed by atoms with E-state index in [1.54, 1.807) is 18.2 Å². The topological polar surface area (TPSA) is 106 Å². The Hall–Kier alpha value is -4.52. The van der Waals surface area contributed by atoms with Crippen molar-refractivity contribution >= 4 is 22.5 Å². The van der Waals surface area contributed by atoms with E-state index < -0.39 is 0 Å². The van der Waals surface area contributed by atoms with Crippen LogP contribution in [0.4, 0.5) is 5.82 Å². The molecule has 7 heteroatoms. The number of phenols is 1. The summed E-state index contributed by atoms with van der Waals surface area (Å²) in [6, 6.07) is 23.5. The summed E-state index contributed by atoms with van der Waals surface area (Å²) in [7, 11) is 0. The van der Waals surface area contributed by atoms with Gasteiger partial charge in [-0.05, 0) is 36.4 Å². The molecule has 0 unspecified atom stereocenters. The van der Waals surface area contributed by atoms with Gasteiger partial charge in [0.25, 0.3) is 0 Å². The molecule has 0 fully saturated rings. The van der Waals surface area contributed by atoms with E-state index in [0.717, 1.165) is 10.9 Å². The maximum Gasteiger partial charge on any atom is 0.214 e. The van der Waals surface area contributed by atoms with Gasteiger partial charge in [0, 0.05) is 17.0 Å². The number of H-pyrrole nitrogens is 1. The molecule has 0 radical (unpaired) electrons. The molecular weight excluding hydrogens is 392 g/mol. The average Bonchev–Trinajstić information content (AvgIpc) is 3.38. The van der Waals surface area contributed by atoms with Crippen LogP contribution in [0, 0.1) is 0 Å². The van der Waals surface area contributed by atoms with Gasteiger partial charge in [-0.25, -0.2) is 4.68 Å². The van der Waals surface area contributed by atoms with Crippen LogP contribution in [-0.4, -0.2) is 25.7 Å². The van der Waals surface area contributed by atoms with E-state index in [1.165, 1.54) is 16.9 Å². The number of benzene rings is 3. The molecule has 5 rings (SSSR count). The number of fused-ring (bicyclic) bond motifs is 1. The summed E-state index contributed by atoms with van der Waals surface area (Å²) in [4.78, 5) is 16.1. The van der Waals surface area contributed by atoms with Gasteiger partial charge in [-0.2, -0.15) is 5.10 Å². The quantitative estimate of drug-likeness (QED) is 0.365. The predicted octanol–water partition coefficient (Wildman–Crippen LogP) is 4.66. The summed E-state index contributed by atoms with van der Waals surface area (Å²) in [6.45, 7) is 0. The molecule has 0 atom stereocenters. The fraction of sp³-hybridized carbons (Fsp3) is 0. The number of nitrogen functional groups attached to an aromatic ring is 1. The summed E-state index contributed by atoms with van der Waals surface area (Å²) in [5.41, 5.74) is 8.09. The minimum Gasteiger partial charge on any atom is -0.506 e. The van der Waals surface area contributed by atoms with Crippen molar-refractivity contribution in [2.45, 2.75) is 0 Å². The molecule has 152 valence electrons. The highest BCUT2D eigenvalue weighted by molar-refractivity contribution is 6.12. The third kappa shape index (κ3) is 3.38. The van der Waals surface area contributed by atoms with Gasteiger partial charge >= 0.3 is 0 Å². The van der Waals surface area contributed by atoms with E-state index in [9.17, 15) is 9.90 Å². The van der Waals surface area contributed by atoms with Crippen LogP contribution in [0.25, 0.3) is 16.6 Å². The van der Waals surface area contributed by atoms with Crippen LogP contribution < -0.4 is 10.5 Å². The number of rotatable bonds is 5. The number of ketones is 1. The number of para-hydroxylation sites is 2. The van der Waals surface area contributed by atoms with Gasteiger partial charge in [-0.1, -0.05) is 36.4 Å². The van der Waals surface area contributed by atoms with E-state index in [0.29, 0.717) is 22.9 Å². The number of phenolic OH excluding ortho intramolecular Hbond substituents is 1. The molecule has 0 spiro atoms. The summed E-state index contributed by atoms with van der Waals surface area (Å²) < 4.78 is 7.06. The first kappa shape index (κ1) is 18.5. The van der Waals surface area contributed by atoms with E-state index >= 15 is 0 Å². The third-order valence-electron chi connectivity index (χ3n) is 4.98. The first-order chi connectivity index (χ1) is 15.1. The van der Waals surface area contributed by atoms with Crippen LogP contribution in [0.3, 0.4) is 0 Å². The second kappa shape index (κ2) is 7.38. The van der Waals surface area contributed by atoms with Gasteiger partial charge in [0.1, 0.15) is 28.8 Å². The molecule has 5 aromatic rings. The van der Waals surface area contributed by atoms with Crippen molar-refractivity contribution in [3.63, 3.8) is 0 Å². The summed E-state index contributed by atoms with van der Waals surface area (Å²) >= 11 is 0. The van der Waals surface area contributed by atoms with Gasteiger partial charge in [0.2, 0.25) is 5.78 Å². The van der Waals surface area contributed by atoms with Crippen LogP contribution in [0.15, 0.2) is 85.1 Å². The molecule has 0 aliphatic rings. The fourth-order valence-corrected chi connectivity index (χ4v) is 3.44. The first-order valence-corrected chi connectivity index (χ1v) is 9.62. The van der Waals surface area contributed by atoms with Crippen LogP contribution in [-0.2, 0) is 0 Å². The number of ether oxygens (including phenoxy) is 1. The first-order valence-electron chi connectivity index (χ1n) is 9.62. The molecule has 0 aliphatic carbocycles. The lowest BCUT2D eigenvalue weighted by molar-refractivity contribution is 0.103. The number of nitrogens with one attached hydrogen (secondary N) is 1. The number of aromatic nitrogens is 3. The largest absolute Gasteiger partial charge is 0.506 e. The maximum absolute atomic E-state index is 13.0. The molecule has 0 aliphatic heterocycles. The van der Waals surface area contributed by atoms with Gasteiger partial charge in [0.05, 0.1) is 17.5 Å². The highest BCUT2D eigenvalue weighted by Gasteiger charge is 2.20. The highest BCUT2D eigenvalue weighted by Crippen LogP contribution is 2.32. The molecule has 0 amide bonds. The number of anilines is 1. The maximum atomic E-state index is 13.0. The lowest BCUT2D eigenvalue weighted by Gasteiger charge is -2.10. The van der Waals surface area contributed by atoms with Crippen molar-refractivity contribution in [2.75, 3.05) is 5.73 Å². The van der Waals surface area contributed by atoms with Crippen molar-refractivity contribution in [3.05, 3.63) is 96.3 Å². The van der Waals surface area contributed by atoms with Gasteiger partial charge in [0.15, 0.2) is 0 Å². The van der Waals surface area contributed by atoms with Gasteiger partial charge < -0.3 is 20.6 Å². The Morgan fingerprint density at radius 3 is 2.52 bits per heavy atom. The summed E-state index contributed by atoms with van der Waals surface area (Å²) in [5, 5.41) is 15.7. The van der Waals surface area contributed by atoms with Crippen LogP contribution in [0.2, 0.25) is 0 Å². The Kier molecular flexibility index (Phi) is 4.41. The van der Waals surface area contributed by atoms with Crippen LogP contribution >= 0.6 is 0 Å². The lowest BCUT2D eigenvalue weighted by Crippen LogP contribution is -2.07. The van der Waals surface area contributed by atoms with Gasteiger partial charge in [-0.15, -0.1) is 0 Å². The molecule has 3 aromatic carbocycles. The fourth-order valence-electron chi connectivity index (χ4n) is 3.44. The van der Waals surface area contributed by atoms with Crippen molar-refractivity contribution < 1.29 is 14.6 Å². The molecule has 2 heterocycles. The Morgan fingerprint density at radius 2 is 1.74 bits per heavy atom. The minimum atomic E-state index is -0.275. The molecule has 0 bridgehead atoms. The third-order valence-corrected chi connectivity index (χ3v) is 4.98. The van der Waals surface area contributed by atoms with Crippen molar-refractivity contribution in [3.8, 4) is 22.9 Å². The lowest BCUT2D eigenvalue weighted by atomic mass is 10.1. The number of aromatic amines is 1. The minimum absolute atomic E-state index is 0.0761. The molecule has 7 nitrogen and oxygen atoms in total. The SMILES string of the molecule is Nc1c(C(=O)c2cc3ccccc3[nH]2)cnn1-c1ccc(Oc2ccccc2)cc1O. The summed E-state index contributed by atoms with van der Waals surface area (Å²) in [5.74, 6) is 0.902. The number of hydrogen-bond donors (Lipinski definition) is 3. The van der Waals surface area contributed by atoms with Gasteiger partial charge in [-0.3, -0.25) is 4.79 Å². The van der Waals surface area contributed by atoms with E-state index in [4.69, 9.17) is 10.5 Å². The smallest absolute Gasteiger partial charge is 0.214 e. The number of nitrogens with zero attached hydrogens (tertiary/aromatic N) is 2. The number of hydrogen-bond acceptors (Lipinski definition) is 5. The Labute approximate surface area is 177 Å². The van der Waals surface area contributed by atoms with E-state index in [1.807, 2.05) is 54.6 Å².